The van der Waals surface area contributed by atoms with Gasteiger partial charge in [0, 0.05) is 22.8 Å². The van der Waals surface area contributed by atoms with Crippen molar-refractivity contribution in [2.45, 2.75) is 6.42 Å². The minimum atomic E-state index is 0.887. The average molecular weight is 711 g/mol. The third-order valence-electron chi connectivity index (χ3n) is 12.1. The summed E-state index contributed by atoms with van der Waals surface area (Å²) in [7, 11) is 0. The van der Waals surface area contributed by atoms with Gasteiger partial charge in [0.2, 0.25) is 0 Å². The molecular formula is C55H34O. The zero-order valence-electron chi connectivity index (χ0n) is 30.6. The Morgan fingerprint density at radius 1 is 0.321 bits per heavy atom. The average Bonchev–Trinajstić information content (AvgIpc) is 3.84. The van der Waals surface area contributed by atoms with Gasteiger partial charge >= 0.3 is 0 Å². The topological polar surface area (TPSA) is 13.1 Å². The van der Waals surface area contributed by atoms with Crippen LogP contribution in [-0.2, 0) is 6.42 Å². The first kappa shape index (κ1) is 31.2. The molecular weight excluding hydrogens is 677 g/mol. The highest BCUT2D eigenvalue weighted by molar-refractivity contribution is 6.21. The second-order valence-corrected chi connectivity index (χ2v) is 15.2. The molecule has 1 nitrogen and oxygen atoms in total. The summed E-state index contributed by atoms with van der Waals surface area (Å²) in [5.74, 6) is 0. The summed E-state index contributed by atoms with van der Waals surface area (Å²) < 4.78 is 6.45. The normalized spacial score (nSPS) is 12.2. The van der Waals surface area contributed by atoms with Crippen LogP contribution in [0, 0.1) is 0 Å². The molecule has 0 aliphatic heterocycles. The molecule has 0 saturated heterocycles. The Balaban J connectivity index is 0.989. The molecule has 260 valence electrons. The lowest BCUT2D eigenvalue weighted by Crippen LogP contribution is -1.91. The first-order valence-corrected chi connectivity index (χ1v) is 19.5. The Bertz CT molecular complexity index is 3340. The smallest absolute Gasteiger partial charge is 0.139 e. The van der Waals surface area contributed by atoms with E-state index in [1.165, 1.54) is 110 Å². The lowest BCUT2D eigenvalue weighted by Gasteiger charge is -2.19. The molecule has 0 saturated carbocycles. The Kier molecular flexibility index (Phi) is 6.76. The molecule has 12 rings (SSSR count). The van der Waals surface area contributed by atoms with E-state index in [1.54, 1.807) is 0 Å². The molecule has 10 aromatic carbocycles. The zero-order chi connectivity index (χ0) is 36.7. The van der Waals surface area contributed by atoms with Crippen LogP contribution in [0.4, 0.5) is 0 Å². The predicted molar refractivity (Wildman–Crippen MR) is 236 cm³/mol. The van der Waals surface area contributed by atoms with E-state index < -0.39 is 0 Å². The minimum Gasteiger partial charge on any atom is -0.456 e. The van der Waals surface area contributed by atoms with Crippen molar-refractivity contribution >= 4 is 54.3 Å². The lowest BCUT2D eigenvalue weighted by molar-refractivity contribution is 0.665. The molecule has 0 radical (unpaired) electrons. The van der Waals surface area contributed by atoms with Crippen molar-refractivity contribution in [3.63, 3.8) is 0 Å². The number of para-hydroxylation sites is 1. The van der Waals surface area contributed by atoms with Gasteiger partial charge in [-0.25, -0.2) is 0 Å². The highest BCUT2D eigenvalue weighted by atomic mass is 16.3. The van der Waals surface area contributed by atoms with Crippen molar-refractivity contribution in [2.24, 2.45) is 0 Å². The van der Waals surface area contributed by atoms with Gasteiger partial charge in [-0.3, -0.25) is 0 Å². The van der Waals surface area contributed by atoms with E-state index in [0.29, 0.717) is 0 Å². The van der Waals surface area contributed by atoms with Gasteiger partial charge in [0.05, 0.1) is 0 Å². The molecule has 0 spiro atoms. The van der Waals surface area contributed by atoms with Crippen molar-refractivity contribution in [1.82, 2.24) is 0 Å². The SMILES string of the molecule is c1cc(-c2ccc3c(c2)-c2ccc4c(oc5ccccc54)c2C3)cc(-c2c3ccccc3c(-c3cccc(-c4ccc5ccccc5c4)c3)c3ccccc23)c1. The molecule has 1 aliphatic carbocycles. The number of furan rings is 1. The molecule has 0 amide bonds. The van der Waals surface area contributed by atoms with Crippen LogP contribution in [0.2, 0.25) is 0 Å². The van der Waals surface area contributed by atoms with Crippen LogP contribution >= 0.6 is 0 Å². The minimum absolute atomic E-state index is 0.887. The third kappa shape index (κ3) is 4.74. The van der Waals surface area contributed by atoms with Gasteiger partial charge in [-0.05, 0) is 130 Å². The summed E-state index contributed by atoms with van der Waals surface area (Å²) in [6.07, 6.45) is 0.887. The van der Waals surface area contributed by atoms with E-state index >= 15 is 0 Å². The summed E-state index contributed by atoms with van der Waals surface area (Å²) in [5.41, 5.74) is 17.1. The van der Waals surface area contributed by atoms with Crippen LogP contribution in [-0.4, -0.2) is 0 Å². The highest BCUT2D eigenvalue weighted by Crippen LogP contribution is 2.47. The quantitative estimate of drug-likeness (QED) is 0.166. The molecule has 1 aliphatic rings. The number of hydrogen-bond acceptors (Lipinski definition) is 1. The van der Waals surface area contributed by atoms with Crippen molar-refractivity contribution in [3.05, 3.63) is 205 Å². The van der Waals surface area contributed by atoms with Crippen molar-refractivity contribution in [1.29, 1.82) is 0 Å². The molecule has 11 aromatic rings. The third-order valence-corrected chi connectivity index (χ3v) is 12.1. The van der Waals surface area contributed by atoms with Gasteiger partial charge in [-0.15, -0.1) is 0 Å². The van der Waals surface area contributed by atoms with Gasteiger partial charge in [-0.2, -0.15) is 0 Å². The molecule has 0 fully saturated rings. The Morgan fingerprint density at radius 3 is 1.54 bits per heavy atom. The molecule has 0 bridgehead atoms. The zero-order valence-corrected chi connectivity index (χ0v) is 30.6. The molecule has 0 unspecified atom stereocenters. The molecule has 0 N–H and O–H groups in total. The van der Waals surface area contributed by atoms with E-state index in [2.05, 4.69) is 188 Å². The Labute approximate surface area is 324 Å². The van der Waals surface area contributed by atoms with E-state index in [1.807, 2.05) is 6.07 Å². The maximum Gasteiger partial charge on any atom is 0.139 e. The summed E-state index contributed by atoms with van der Waals surface area (Å²) in [6, 6.07) is 71.3. The van der Waals surface area contributed by atoms with Gasteiger partial charge in [-0.1, -0.05) is 158 Å². The summed E-state index contributed by atoms with van der Waals surface area (Å²) in [6.45, 7) is 0. The number of rotatable bonds is 4. The largest absolute Gasteiger partial charge is 0.456 e. The monoisotopic (exact) mass is 710 g/mol. The van der Waals surface area contributed by atoms with Gasteiger partial charge < -0.3 is 4.42 Å². The Morgan fingerprint density at radius 2 is 0.857 bits per heavy atom. The van der Waals surface area contributed by atoms with Crippen molar-refractivity contribution in [2.75, 3.05) is 0 Å². The summed E-state index contributed by atoms with van der Waals surface area (Å²) in [5, 5.41) is 9.92. The van der Waals surface area contributed by atoms with Crippen LogP contribution in [0.25, 0.3) is 110 Å². The van der Waals surface area contributed by atoms with E-state index in [4.69, 9.17) is 4.42 Å². The maximum absolute atomic E-state index is 6.45. The molecule has 0 atom stereocenters. The van der Waals surface area contributed by atoms with E-state index in [-0.39, 0.29) is 0 Å². The number of benzene rings is 10. The first-order valence-electron chi connectivity index (χ1n) is 19.5. The van der Waals surface area contributed by atoms with Gasteiger partial charge in [0.25, 0.3) is 0 Å². The molecule has 1 heterocycles. The maximum atomic E-state index is 6.45. The van der Waals surface area contributed by atoms with Crippen LogP contribution in [0.3, 0.4) is 0 Å². The molecule has 1 aromatic heterocycles. The van der Waals surface area contributed by atoms with E-state index in [0.717, 1.165) is 17.6 Å². The predicted octanol–water partition coefficient (Wildman–Crippen LogP) is 15.3. The second kappa shape index (κ2) is 12.1. The van der Waals surface area contributed by atoms with Crippen LogP contribution in [0.1, 0.15) is 11.1 Å². The second-order valence-electron chi connectivity index (χ2n) is 15.2. The lowest BCUT2D eigenvalue weighted by atomic mass is 9.85. The fourth-order valence-corrected chi connectivity index (χ4v) is 9.45. The fraction of sp³-hybridized carbons (Fsp3) is 0.0182. The van der Waals surface area contributed by atoms with Crippen LogP contribution < -0.4 is 0 Å². The van der Waals surface area contributed by atoms with Crippen LogP contribution in [0.5, 0.6) is 0 Å². The summed E-state index contributed by atoms with van der Waals surface area (Å²) in [4.78, 5) is 0. The van der Waals surface area contributed by atoms with Crippen molar-refractivity contribution in [3.8, 4) is 55.6 Å². The highest BCUT2D eigenvalue weighted by Gasteiger charge is 2.24. The molecule has 1 heteroatoms. The van der Waals surface area contributed by atoms with Crippen molar-refractivity contribution < 1.29 is 4.42 Å². The number of fused-ring (bicyclic) bond motifs is 10. The Hall–Kier alpha value is -7.22. The molecule has 56 heavy (non-hydrogen) atoms. The van der Waals surface area contributed by atoms with E-state index in [9.17, 15) is 0 Å². The van der Waals surface area contributed by atoms with Gasteiger partial charge in [0.15, 0.2) is 0 Å². The summed E-state index contributed by atoms with van der Waals surface area (Å²) >= 11 is 0. The standard InChI is InChI=1S/C55H34O/c1-2-12-35-29-38(24-23-34(35)11-1)36-13-9-15-41(30-36)53-45-18-3-5-20-47(45)54(48-21-6-4-19-46(48)53)42-16-10-14-37(31-42)39-25-26-40-33-51-43(50(40)32-39)27-28-49-44-17-7-8-22-52(44)56-55(49)51/h1-32H,33H2. The number of hydrogen-bond donors (Lipinski definition) is 0. The van der Waals surface area contributed by atoms with Gasteiger partial charge in [0.1, 0.15) is 11.2 Å². The first-order chi connectivity index (χ1) is 27.7. The van der Waals surface area contributed by atoms with Crippen LogP contribution in [0.15, 0.2) is 199 Å². The fourth-order valence-electron chi connectivity index (χ4n) is 9.45.